The van der Waals surface area contributed by atoms with Crippen molar-refractivity contribution in [2.45, 2.75) is 25.8 Å². The number of nitrogens with two attached hydrogens (primary N) is 1. The molecule has 2 amide bonds. The average Bonchev–Trinajstić information content (AvgIpc) is 2.92. The monoisotopic (exact) mass is 490 g/mol. The standard InChI is InChI=1S/C26H34N8O2/c1-4-6-23(20-7-5-10-28-16-20)34(27)25-18-29-17-22(30-25)19-8-9-21(24(15-19)36-3)31-26(35)33-13-11-32(2)12-14-33/h5,7-10,15-18,23H,4,6,11-14,27H2,1-3H3,(H,31,35). The Hall–Kier alpha value is -3.76. The molecule has 10 nitrogen and oxygen atoms in total. The molecule has 3 N–H and O–H groups in total. The third kappa shape index (κ3) is 5.89. The van der Waals surface area contributed by atoms with Crippen molar-refractivity contribution < 1.29 is 9.53 Å². The van der Waals surface area contributed by atoms with E-state index in [1.807, 2.05) is 41.4 Å². The molecular weight excluding hydrogens is 456 g/mol. The SMILES string of the molecule is CCCC(c1cccnc1)N(N)c1cncc(-c2ccc(NC(=O)N3CCN(C)CC3)c(OC)c2)n1. The lowest BCUT2D eigenvalue weighted by Gasteiger charge is -2.32. The Kier molecular flexibility index (Phi) is 8.29. The highest BCUT2D eigenvalue weighted by Gasteiger charge is 2.22. The second-order valence-corrected chi connectivity index (χ2v) is 8.90. The number of hydrazine groups is 1. The Morgan fingerprint density at radius 3 is 2.67 bits per heavy atom. The number of ether oxygens (including phenoxy) is 1. The van der Waals surface area contributed by atoms with Crippen LogP contribution < -0.4 is 20.9 Å². The van der Waals surface area contributed by atoms with Gasteiger partial charge in [-0.1, -0.05) is 25.5 Å². The third-order valence-corrected chi connectivity index (χ3v) is 6.38. The minimum absolute atomic E-state index is 0.0741. The van der Waals surface area contributed by atoms with E-state index < -0.39 is 0 Å². The van der Waals surface area contributed by atoms with Gasteiger partial charge in [-0.05, 0) is 37.2 Å². The fourth-order valence-electron chi connectivity index (χ4n) is 4.25. The number of methoxy groups -OCH3 is 1. The van der Waals surface area contributed by atoms with Crippen LogP contribution in [-0.4, -0.2) is 71.1 Å². The van der Waals surface area contributed by atoms with E-state index in [4.69, 9.17) is 15.6 Å². The quantitative estimate of drug-likeness (QED) is 0.364. The number of rotatable bonds is 8. The molecule has 1 unspecified atom stereocenters. The normalized spacial score (nSPS) is 14.8. The molecule has 0 spiro atoms. The van der Waals surface area contributed by atoms with E-state index in [0.717, 1.165) is 37.1 Å². The predicted molar refractivity (Wildman–Crippen MR) is 141 cm³/mol. The number of anilines is 2. The lowest BCUT2D eigenvalue weighted by Crippen LogP contribution is -2.48. The zero-order valence-corrected chi connectivity index (χ0v) is 21.1. The number of urea groups is 1. The van der Waals surface area contributed by atoms with Crippen molar-refractivity contribution in [1.29, 1.82) is 0 Å². The van der Waals surface area contributed by atoms with Crippen molar-refractivity contribution in [3.63, 3.8) is 0 Å². The van der Waals surface area contributed by atoms with Crippen LogP contribution in [0, 0.1) is 0 Å². The van der Waals surface area contributed by atoms with Gasteiger partial charge in [0.15, 0.2) is 5.82 Å². The largest absolute Gasteiger partial charge is 0.495 e. The second kappa shape index (κ2) is 11.8. The van der Waals surface area contributed by atoms with Crippen LogP contribution in [0.1, 0.15) is 31.4 Å². The van der Waals surface area contributed by atoms with Gasteiger partial charge in [-0.25, -0.2) is 15.6 Å². The van der Waals surface area contributed by atoms with Crippen LogP contribution in [0.3, 0.4) is 0 Å². The highest BCUT2D eigenvalue weighted by molar-refractivity contribution is 5.91. The summed E-state index contributed by atoms with van der Waals surface area (Å²) in [5.74, 6) is 7.65. The van der Waals surface area contributed by atoms with Crippen molar-refractivity contribution in [3.8, 4) is 17.0 Å². The summed E-state index contributed by atoms with van der Waals surface area (Å²) in [4.78, 5) is 30.2. The third-order valence-electron chi connectivity index (χ3n) is 6.38. The summed E-state index contributed by atoms with van der Waals surface area (Å²) in [7, 11) is 3.64. The number of nitrogens with one attached hydrogen (secondary N) is 1. The molecule has 2 aromatic heterocycles. The molecule has 1 aliphatic rings. The van der Waals surface area contributed by atoms with Crippen LogP contribution in [-0.2, 0) is 0 Å². The molecule has 1 aromatic carbocycles. The molecule has 190 valence electrons. The summed E-state index contributed by atoms with van der Waals surface area (Å²) < 4.78 is 5.59. The van der Waals surface area contributed by atoms with Crippen molar-refractivity contribution in [3.05, 3.63) is 60.7 Å². The zero-order valence-electron chi connectivity index (χ0n) is 21.1. The zero-order chi connectivity index (χ0) is 25.5. The molecule has 1 atom stereocenters. The minimum Gasteiger partial charge on any atom is -0.495 e. The molecule has 0 radical (unpaired) electrons. The first-order valence-electron chi connectivity index (χ1n) is 12.2. The number of benzene rings is 1. The van der Waals surface area contributed by atoms with Gasteiger partial charge in [-0.15, -0.1) is 0 Å². The minimum atomic E-state index is -0.132. The fourth-order valence-corrected chi connectivity index (χ4v) is 4.25. The van der Waals surface area contributed by atoms with Gasteiger partial charge in [0.2, 0.25) is 0 Å². The topological polar surface area (TPSA) is 113 Å². The first-order valence-corrected chi connectivity index (χ1v) is 12.2. The van der Waals surface area contributed by atoms with Gasteiger partial charge >= 0.3 is 6.03 Å². The molecule has 10 heteroatoms. The number of hydrogen-bond acceptors (Lipinski definition) is 8. The number of likely N-dealkylation sites (N-methyl/N-ethyl adjacent to an activating group) is 1. The van der Waals surface area contributed by atoms with E-state index in [1.165, 1.54) is 0 Å². The second-order valence-electron chi connectivity index (χ2n) is 8.90. The first-order chi connectivity index (χ1) is 17.5. The van der Waals surface area contributed by atoms with Crippen LogP contribution in [0.5, 0.6) is 5.75 Å². The number of carbonyl (C=O) groups is 1. The van der Waals surface area contributed by atoms with Crippen LogP contribution >= 0.6 is 0 Å². The first kappa shape index (κ1) is 25.3. The Labute approximate surface area is 212 Å². The molecule has 3 heterocycles. The van der Waals surface area contributed by atoms with Crippen LogP contribution in [0.2, 0.25) is 0 Å². The number of piperazine rings is 1. The van der Waals surface area contributed by atoms with Gasteiger partial charge in [0, 0.05) is 44.1 Å². The van der Waals surface area contributed by atoms with Gasteiger partial charge in [0.1, 0.15) is 5.75 Å². The summed E-state index contributed by atoms with van der Waals surface area (Å²) in [5.41, 5.74) is 3.09. The highest BCUT2D eigenvalue weighted by atomic mass is 16.5. The maximum Gasteiger partial charge on any atom is 0.322 e. The van der Waals surface area contributed by atoms with E-state index in [1.54, 1.807) is 30.7 Å². The van der Waals surface area contributed by atoms with Crippen LogP contribution in [0.4, 0.5) is 16.3 Å². The molecule has 0 bridgehead atoms. The average molecular weight is 491 g/mol. The Balaban J connectivity index is 1.54. The van der Waals surface area contributed by atoms with Crippen LogP contribution in [0.25, 0.3) is 11.3 Å². The smallest absolute Gasteiger partial charge is 0.322 e. The number of amides is 2. The number of pyridine rings is 1. The lowest BCUT2D eigenvalue weighted by atomic mass is 10.0. The maximum absolute atomic E-state index is 12.7. The molecule has 3 aromatic rings. The molecule has 4 rings (SSSR count). The number of hydrogen-bond donors (Lipinski definition) is 2. The van der Waals surface area contributed by atoms with Gasteiger partial charge in [-0.2, -0.15) is 0 Å². The highest BCUT2D eigenvalue weighted by Crippen LogP contribution is 2.32. The summed E-state index contributed by atoms with van der Waals surface area (Å²) >= 11 is 0. The molecule has 1 aliphatic heterocycles. The Morgan fingerprint density at radius 1 is 1.17 bits per heavy atom. The van der Waals surface area contributed by atoms with Crippen molar-refractivity contribution in [2.75, 3.05) is 50.7 Å². The van der Waals surface area contributed by atoms with Gasteiger partial charge < -0.3 is 19.9 Å². The molecule has 0 aliphatic carbocycles. The number of aromatic nitrogens is 3. The summed E-state index contributed by atoms with van der Waals surface area (Å²) in [5, 5.41) is 4.63. The Morgan fingerprint density at radius 2 is 1.97 bits per heavy atom. The van der Waals surface area contributed by atoms with Crippen molar-refractivity contribution in [1.82, 2.24) is 24.8 Å². The van der Waals surface area contributed by atoms with Gasteiger partial charge in [0.25, 0.3) is 0 Å². The number of nitrogens with zero attached hydrogens (tertiary/aromatic N) is 6. The maximum atomic E-state index is 12.7. The molecule has 1 saturated heterocycles. The summed E-state index contributed by atoms with van der Waals surface area (Å²) in [6, 6.07) is 9.28. The molecule has 36 heavy (non-hydrogen) atoms. The van der Waals surface area contributed by atoms with Crippen molar-refractivity contribution >= 4 is 17.5 Å². The van der Waals surface area contributed by atoms with E-state index in [0.29, 0.717) is 36.0 Å². The van der Waals surface area contributed by atoms with E-state index in [-0.39, 0.29) is 12.1 Å². The van der Waals surface area contributed by atoms with E-state index in [2.05, 4.69) is 34.2 Å². The van der Waals surface area contributed by atoms with Gasteiger partial charge in [-0.3, -0.25) is 15.0 Å². The lowest BCUT2D eigenvalue weighted by molar-refractivity contribution is 0.164. The number of carbonyl (C=O) groups excluding carboxylic acids is 1. The van der Waals surface area contributed by atoms with Crippen LogP contribution in [0.15, 0.2) is 55.1 Å². The fraction of sp³-hybridized carbons (Fsp3) is 0.385. The predicted octanol–water partition coefficient (Wildman–Crippen LogP) is 3.55. The molecular formula is C26H34N8O2. The Bertz CT molecular complexity index is 1150. The molecule has 1 fully saturated rings. The van der Waals surface area contributed by atoms with E-state index >= 15 is 0 Å². The molecule has 0 saturated carbocycles. The van der Waals surface area contributed by atoms with E-state index in [9.17, 15) is 4.79 Å². The summed E-state index contributed by atoms with van der Waals surface area (Å²) in [6.07, 6.45) is 8.73. The summed E-state index contributed by atoms with van der Waals surface area (Å²) in [6.45, 7) is 5.22. The van der Waals surface area contributed by atoms with Crippen molar-refractivity contribution in [2.24, 2.45) is 5.84 Å². The van der Waals surface area contributed by atoms with Gasteiger partial charge in [0.05, 0.1) is 36.9 Å².